The highest BCUT2D eigenvalue weighted by Crippen LogP contribution is 2.26. The molecule has 0 radical (unpaired) electrons. The maximum absolute atomic E-state index is 12.7. The van der Waals surface area contributed by atoms with Crippen molar-refractivity contribution in [1.82, 2.24) is 4.72 Å². The molecular formula is C21H19ClN2O4S. The third-order valence-electron chi connectivity index (χ3n) is 4.19. The number of hydrogen-bond acceptors (Lipinski definition) is 4. The van der Waals surface area contributed by atoms with Crippen LogP contribution in [0.25, 0.3) is 0 Å². The lowest BCUT2D eigenvalue weighted by molar-refractivity contribution is 0.102. The quantitative estimate of drug-likeness (QED) is 0.513. The molecule has 0 aliphatic carbocycles. The van der Waals surface area contributed by atoms with Crippen LogP contribution in [-0.2, 0) is 16.6 Å². The molecule has 0 aliphatic rings. The summed E-state index contributed by atoms with van der Waals surface area (Å²) in [7, 11) is -3.94. The van der Waals surface area contributed by atoms with Crippen molar-refractivity contribution in [3.63, 3.8) is 0 Å². The maximum Gasteiger partial charge on any atom is 0.255 e. The number of nitrogens with one attached hydrogen (secondary N) is 2. The molecule has 0 heterocycles. The molecule has 0 bridgehead atoms. The minimum Gasteiger partial charge on any atom is -0.506 e. The Morgan fingerprint density at radius 2 is 1.76 bits per heavy atom. The molecule has 0 aliphatic heterocycles. The van der Waals surface area contributed by atoms with Gasteiger partial charge in [0, 0.05) is 12.1 Å². The number of aryl methyl sites for hydroxylation is 1. The summed E-state index contributed by atoms with van der Waals surface area (Å²) in [6.07, 6.45) is 0. The Morgan fingerprint density at radius 1 is 1.03 bits per heavy atom. The number of phenols is 1. The molecule has 0 atom stereocenters. The molecule has 0 saturated heterocycles. The van der Waals surface area contributed by atoms with E-state index in [2.05, 4.69) is 10.0 Å². The zero-order valence-electron chi connectivity index (χ0n) is 15.5. The van der Waals surface area contributed by atoms with Gasteiger partial charge in [-0.3, -0.25) is 4.79 Å². The van der Waals surface area contributed by atoms with Crippen molar-refractivity contribution >= 4 is 33.2 Å². The number of anilines is 1. The second kappa shape index (κ2) is 8.65. The van der Waals surface area contributed by atoms with Gasteiger partial charge >= 0.3 is 0 Å². The molecule has 0 unspecified atom stereocenters. The fourth-order valence-electron chi connectivity index (χ4n) is 2.64. The van der Waals surface area contributed by atoms with Gasteiger partial charge in [0.2, 0.25) is 10.0 Å². The summed E-state index contributed by atoms with van der Waals surface area (Å²) in [5.74, 6) is -0.648. The Hall–Kier alpha value is -2.87. The van der Waals surface area contributed by atoms with E-state index in [1.807, 2.05) is 25.1 Å². The molecule has 150 valence electrons. The van der Waals surface area contributed by atoms with E-state index in [9.17, 15) is 18.3 Å². The second-order valence-corrected chi connectivity index (χ2v) is 8.57. The van der Waals surface area contributed by atoms with Crippen LogP contribution in [0.5, 0.6) is 5.75 Å². The van der Waals surface area contributed by atoms with E-state index in [0.29, 0.717) is 0 Å². The minimum absolute atomic E-state index is 0.000273. The summed E-state index contributed by atoms with van der Waals surface area (Å²) in [6.45, 7) is 1.90. The summed E-state index contributed by atoms with van der Waals surface area (Å²) in [5, 5.41) is 12.5. The number of amides is 1. The largest absolute Gasteiger partial charge is 0.506 e. The number of hydrogen-bond donors (Lipinski definition) is 3. The van der Waals surface area contributed by atoms with Gasteiger partial charge in [-0.25, -0.2) is 13.1 Å². The summed E-state index contributed by atoms with van der Waals surface area (Å²) < 4.78 is 27.8. The second-order valence-electron chi connectivity index (χ2n) is 6.43. The number of carbonyl (C=O) groups excluding carboxylic acids is 1. The molecule has 0 spiro atoms. The van der Waals surface area contributed by atoms with Gasteiger partial charge in [0.25, 0.3) is 5.91 Å². The van der Waals surface area contributed by atoms with E-state index >= 15 is 0 Å². The van der Waals surface area contributed by atoms with Crippen LogP contribution in [0.1, 0.15) is 21.5 Å². The Labute approximate surface area is 174 Å². The number of aromatic hydroxyl groups is 1. The fourth-order valence-corrected chi connectivity index (χ4v) is 4.19. The Kier molecular flexibility index (Phi) is 6.22. The first-order chi connectivity index (χ1) is 13.8. The Balaban J connectivity index is 1.82. The van der Waals surface area contributed by atoms with Crippen molar-refractivity contribution in [1.29, 1.82) is 0 Å². The molecule has 1 amide bonds. The molecule has 29 heavy (non-hydrogen) atoms. The molecule has 3 N–H and O–H groups in total. The number of halogens is 1. The van der Waals surface area contributed by atoms with Gasteiger partial charge in [-0.15, -0.1) is 0 Å². The molecule has 3 rings (SSSR count). The Bertz CT molecular complexity index is 1150. The summed E-state index contributed by atoms with van der Waals surface area (Å²) in [4.78, 5) is 12.3. The molecule has 0 aromatic heterocycles. The summed E-state index contributed by atoms with van der Waals surface area (Å²) in [5.41, 5.74) is 1.94. The molecule has 3 aromatic rings. The first kappa shape index (κ1) is 20.9. The van der Waals surface area contributed by atoms with E-state index in [-0.39, 0.29) is 33.5 Å². The number of sulfonamides is 1. The van der Waals surface area contributed by atoms with Gasteiger partial charge in [-0.2, -0.15) is 0 Å². The highest BCUT2D eigenvalue weighted by Gasteiger charge is 2.20. The first-order valence-corrected chi connectivity index (χ1v) is 10.6. The van der Waals surface area contributed by atoms with Gasteiger partial charge in [0.05, 0.1) is 10.7 Å². The molecule has 0 saturated carbocycles. The van der Waals surface area contributed by atoms with Crippen LogP contribution in [0.15, 0.2) is 71.6 Å². The topological polar surface area (TPSA) is 95.5 Å². The SMILES string of the molecule is Cc1ccc(NC(=O)c2ccc(Cl)c(S(=O)(=O)NCc3ccccc3)c2)c(O)c1. The van der Waals surface area contributed by atoms with Crippen molar-refractivity contribution in [3.05, 3.63) is 88.4 Å². The van der Waals surface area contributed by atoms with Crippen LogP contribution >= 0.6 is 11.6 Å². The van der Waals surface area contributed by atoms with Crippen LogP contribution < -0.4 is 10.0 Å². The van der Waals surface area contributed by atoms with Gasteiger partial charge in [-0.05, 0) is 48.4 Å². The van der Waals surface area contributed by atoms with Crippen molar-refractivity contribution in [2.75, 3.05) is 5.32 Å². The van der Waals surface area contributed by atoms with Gasteiger partial charge in [-0.1, -0.05) is 48.0 Å². The first-order valence-electron chi connectivity index (χ1n) is 8.70. The third kappa shape index (κ3) is 5.14. The van der Waals surface area contributed by atoms with Crippen LogP contribution in [0.4, 0.5) is 5.69 Å². The van der Waals surface area contributed by atoms with Crippen molar-refractivity contribution in [2.45, 2.75) is 18.4 Å². The zero-order valence-corrected chi connectivity index (χ0v) is 17.1. The van der Waals surface area contributed by atoms with E-state index in [0.717, 1.165) is 11.1 Å². The van der Waals surface area contributed by atoms with E-state index < -0.39 is 15.9 Å². The predicted molar refractivity (Wildman–Crippen MR) is 113 cm³/mol. The summed E-state index contributed by atoms with van der Waals surface area (Å²) in [6, 6.07) is 17.8. The smallest absolute Gasteiger partial charge is 0.255 e. The average Bonchev–Trinajstić information content (AvgIpc) is 2.69. The highest BCUT2D eigenvalue weighted by atomic mass is 35.5. The zero-order chi connectivity index (χ0) is 21.0. The third-order valence-corrected chi connectivity index (χ3v) is 6.08. The number of phenolic OH excluding ortho intramolecular Hbond substituents is 1. The summed E-state index contributed by atoms with van der Waals surface area (Å²) >= 11 is 6.08. The number of benzene rings is 3. The highest BCUT2D eigenvalue weighted by molar-refractivity contribution is 7.89. The van der Waals surface area contributed by atoms with Gasteiger partial charge in [0.15, 0.2) is 0 Å². The van der Waals surface area contributed by atoms with E-state index in [1.165, 1.54) is 24.3 Å². The van der Waals surface area contributed by atoms with Gasteiger partial charge in [0.1, 0.15) is 10.6 Å². The lowest BCUT2D eigenvalue weighted by Crippen LogP contribution is -2.24. The van der Waals surface area contributed by atoms with Crippen molar-refractivity contribution in [2.24, 2.45) is 0 Å². The van der Waals surface area contributed by atoms with Crippen molar-refractivity contribution < 1.29 is 18.3 Å². The fraction of sp³-hybridized carbons (Fsp3) is 0.0952. The van der Waals surface area contributed by atoms with Crippen LogP contribution in [0.2, 0.25) is 5.02 Å². The van der Waals surface area contributed by atoms with Crippen LogP contribution in [0.3, 0.4) is 0 Å². The molecule has 6 nitrogen and oxygen atoms in total. The van der Waals surface area contributed by atoms with Crippen molar-refractivity contribution in [3.8, 4) is 5.75 Å². The Morgan fingerprint density at radius 3 is 2.45 bits per heavy atom. The predicted octanol–water partition coefficient (Wildman–Crippen LogP) is 4.08. The molecule has 8 heteroatoms. The maximum atomic E-state index is 12.7. The van der Waals surface area contributed by atoms with E-state index in [1.54, 1.807) is 24.3 Å². The monoisotopic (exact) mass is 430 g/mol. The number of rotatable bonds is 6. The molecule has 0 fully saturated rings. The minimum atomic E-state index is -3.94. The molecule has 3 aromatic carbocycles. The molecular weight excluding hydrogens is 412 g/mol. The normalized spacial score (nSPS) is 11.2. The van der Waals surface area contributed by atoms with E-state index in [4.69, 9.17) is 11.6 Å². The van der Waals surface area contributed by atoms with Gasteiger partial charge < -0.3 is 10.4 Å². The van der Waals surface area contributed by atoms with Crippen LogP contribution in [0, 0.1) is 6.92 Å². The van der Waals surface area contributed by atoms with Crippen LogP contribution in [-0.4, -0.2) is 19.4 Å². The lowest BCUT2D eigenvalue weighted by Gasteiger charge is -2.11. The standard InChI is InChI=1S/C21H19ClN2O4S/c1-14-7-10-18(19(25)11-14)24-21(26)16-8-9-17(22)20(12-16)29(27,28)23-13-15-5-3-2-4-6-15/h2-12,23,25H,13H2,1H3,(H,24,26). The average molecular weight is 431 g/mol. The lowest BCUT2D eigenvalue weighted by atomic mass is 10.2. The number of carbonyl (C=O) groups is 1.